The number of aromatic nitrogens is 1. The molecule has 19 heavy (non-hydrogen) atoms. The van der Waals surface area contributed by atoms with E-state index in [9.17, 15) is 0 Å². The lowest BCUT2D eigenvalue weighted by Crippen LogP contribution is -2.24. The summed E-state index contributed by atoms with van der Waals surface area (Å²) in [5.74, 6) is 0. The highest BCUT2D eigenvalue weighted by Crippen LogP contribution is 2.06. The number of hydrogen-bond donors (Lipinski definition) is 1. The molecular weight excluding hydrogens is 234 g/mol. The van der Waals surface area contributed by atoms with Gasteiger partial charge in [0.05, 0.1) is 0 Å². The fourth-order valence-corrected chi connectivity index (χ4v) is 1.97. The third-order valence-electron chi connectivity index (χ3n) is 3.24. The van der Waals surface area contributed by atoms with Crippen LogP contribution in [-0.4, -0.2) is 30.0 Å². The molecule has 0 aliphatic heterocycles. The van der Waals surface area contributed by atoms with E-state index < -0.39 is 0 Å². The third kappa shape index (κ3) is 4.72. The molecule has 0 saturated carbocycles. The van der Waals surface area contributed by atoms with Crippen LogP contribution in [0, 0.1) is 0 Å². The Morgan fingerprint density at radius 2 is 1.74 bits per heavy atom. The Morgan fingerprint density at radius 1 is 1.00 bits per heavy atom. The van der Waals surface area contributed by atoms with Crippen molar-refractivity contribution in [3.05, 3.63) is 59.9 Å². The maximum atomic E-state index is 5.68. The highest BCUT2D eigenvalue weighted by molar-refractivity contribution is 5.39. The zero-order chi connectivity index (χ0) is 13.5. The van der Waals surface area contributed by atoms with Crippen LogP contribution in [0.25, 0.3) is 0 Å². The molecule has 0 aliphatic carbocycles. The first kappa shape index (κ1) is 13.6. The maximum absolute atomic E-state index is 5.68. The molecule has 2 N–H and O–H groups in total. The molecule has 2 aromatic rings. The monoisotopic (exact) mass is 255 g/mol. The molecule has 0 spiro atoms. The lowest BCUT2D eigenvalue weighted by Gasteiger charge is -2.16. The molecule has 0 radical (unpaired) electrons. The Labute approximate surface area is 115 Å². The van der Waals surface area contributed by atoms with Crippen molar-refractivity contribution in [2.75, 3.05) is 25.9 Å². The Bertz CT molecular complexity index is 479. The number of hydrogen-bond acceptors (Lipinski definition) is 3. The molecule has 0 saturated heterocycles. The number of benzene rings is 1. The van der Waals surface area contributed by atoms with E-state index in [1.807, 2.05) is 30.5 Å². The van der Waals surface area contributed by atoms with Crippen LogP contribution >= 0.6 is 0 Å². The van der Waals surface area contributed by atoms with Gasteiger partial charge < -0.3 is 10.6 Å². The second-order valence-electron chi connectivity index (χ2n) is 4.87. The van der Waals surface area contributed by atoms with Crippen molar-refractivity contribution in [1.29, 1.82) is 0 Å². The normalized spacial score (nSPS) is 10.8. The predicted molar refractivity (Wildman–Crippen MR) is 80.0 cm³/mol. The van der Waals surface area contributed by atoms with Crippen LogP contribution in [-0.2, 0) is 12.8 Å². The third-order valence-corrected chi connectivity index (χ3v) is 3.24. The maximum Gasteiger partial charge on any atom is 0.0416 e. The summed E-state index contributed by atoms with van der Waals surface area (Å²) < 4.78 is 0. The smallest absolute Gasteiger partial charge is 0.0416 e. The quantitative estimate of drug-likeness (QED) is 0.806. The van der Waals surface area contributed by atoms with E-state index in [-0.39, 0.29) is 0 Å². The van der Waals surface area contributed by atoms with Crippen molar-refractivity contribution in [3.63, 3.8) is 0 Å². The molecule has 0 unspecified atom stereocenters. The minimum atomic E-state index is 0.826. The van der Waals surface area contributed by atoms with Gasteiger partial charge in [0.2, 0.25) is 0 Å². The average molecular weight is 255 g/mol. The summed E-state index contributed by atoms with van der Waals surface area (Å²) >= 11 is 0. The Balaban J connectivity index is 1.72. The first-order chi connectivity index (χ1) is 9.24. The van der Waals surface area contributed by atoms with Gasteiger partial charge in [-0.3, -0.25) is 4.98 Å². The molecule has 100 valence electrons. The second-order valence-corrected chi connectivity index (χ2v) is 4.87. The minimum Gasteiger partial charge on any atom is -0.399 e. The zero-order valence-electron chi connectivity index (χ0n) is 11.4. The molecule has 3 heteroatoms. The number of anilines is 1. The highest BCUT2D eigenvalue weighted by atomic mass is 15.1. The second kappa shape index (κ2) is 6.90. The summed E-state index contributed by atoms with van der Waals surface area (Å²) in [6.07, 6.45) is 3.90. The van der Waals surface area contributed by atoms with Gasteiger partial charge >= 0.3 is 0 Å². The number of pyridine rings is 1. The first-order valence-corrected chi connectivity index (χ1v) is 6.67. The lowest BCUT2D eigenvalue weighted by atomic mass is 10.1. The van der Waals surface area contributed by atoms with E-state index >= 15 is 0 Å². The molecular formula is C16H21N3. The van der Waals surface area contributed by atoms with Crippen LogP contribution < -0.4 is 5.73 Å². The summed E-state index contributed by atoms with van der Waals surface area (Å²) in [6.45, 7) is 2.09. The fourth-order valence-electron chi connectivity index (χ4n) is 1.97. The molecule has 0 bridgehead atoms. The molecule has 2 rings (SSSR count). The molecule has 1 aromatic carbocycles. The molecule has 0 fully saturated rings. The van der Waals surface area contributed by atoms with Gasteiger partial charge in [-0.15, -0.1) is 0 Å². The van der Waals surface area contributed by atoms with Crippen LogP contribution in [0.1, 0.15) is 11.3 Å². The molecule has 1 heterocycles. The van der Waals surface area contributed by atoms with Crippen molar-refractivity contribution >= 4 is 5.69 Å². The Kier molecular flexibility index (Phi) is 4.93. The number of likely N-dealkylation sites (N-methyl/N-ethyl adjacent to an activating group) is 1. The minimum absolute atomic E-state index is 0.826. The van der Waals surface area contributed by atoms with E-state index in [4.69, 9.17) is 5.73 Å². The molecule has 1 aromatic heterocycles. The summed E-state index contributed by atoms with van der Waals surface area (Å²) in [7, 11) is 2.15. The number of rotatable bonds is 6. The van der Waals surface area contributed by atoms with Gasteiger partial charge in [0.15, 0.2) is 0 Å². The van der Waals surface area contributed by atoms with Gasteiger partial charge in [0, 0.05) is 37.1 Å². The molecule has 3 nitrogen and oxygen atoms in total. The van der Waals surface area contributed by atoms with Crippen molar-refractivity contribution in [3.8, 4) is 0 Å². The van der Waals surface area contributed by atoms with E-state index in [0.717, 1.165) is 37.3 Å². The molecule has 0 atom stereocenters. The van der Waals surface area contributed by atoms with Gasteiger partial charge in [-0.05, 0) is 43.3 Å². The van der Waals surface area contributed by atoms with Crippen molar-refractivity contribution in [2.45, 2.75) is 12.8 Å². The van der Waals surface area contributed by atoms with Crippen molar-refractivity contribution < 1.29 is 0 Å². The first-order valence-electron chi connectivity index (χ1n) is 6.67. The van der Waals surface area contributed by atoms with Crippen LogP contribution in [0.5, 0.6) is 0 Å². The largest absolute Gasteiger partial charge is 0.399 e. The van der Waals surface area contributed by atoms with Gasteiger partial charge in [-0.2, -0.15) is 0 Å². The summed E-state index contributed by atoms with van der Waals surface area (Å²) in [4.78, 5) is 6.68. The fraction of sp³-hybridized carbons (Fsp3) is 0.312. The highest BCUT2D eigenvalue weighted by Gasteiger charge is 2.01. The number of nitrogens with two attached hydrogens (primary N) is 1. The van der Waals surface area contributed by atoms with E-state index in [0.29, 0.717) is 0 Å². The number of nitrogen functional groups attached to an aromatic ring is 1. The van der Waals surface area contributed by atoms with Gasteiger partial charge in [0.1, 0.15) is 0 Å². The summed E-state index contributed by atoms with van der Waals surface area (Å²) in [5, 5.41) is 0. The lowest BCUT2D eigenvalue weighted by molar-refractivity contribution is 0.341. The van der Waals surface area contributed by atoms with Crippen LogP contribution in [0.4, 0.5) is 5.69 Å². The predicted octanol–water partition coefficient (Wildman–Crippen LogP) is 2.38. The van der Waals surface area contributed by atoms with E-state index in [2.05, 4.69) is 35.1 Å². The van der Waals surface area contributed by atoms with Gasteiger partial charge in [-0.1, -0.05) is 18.2 Å². The zero-order valence-corrected chi connectivity index (χ0v) is 11.4. The number of nitrogens with zero attached hydrogens (tertiary/aromatic N) is 2. The van der Waals surface area contributed by atoms with Crippen molar-refractivity contribution in [1.82, 2.24) is 9.88 Å². The Hall–Kier alpha value is -1.87. The van der Waals surface area contributed by atoms with Gasteiger partial charge in [0.25, 0.3) is 0 Å². The van der Waals surface area contributed by atoms with Gasteiger partial charge in [-0.25, -0.2) is 0 Å². The van der Waals surface area contributed by atoms with E-state index in [1.54, 1.807) is 0 Å². The Morgan fingerprint density at radius 3 is 2.42 bits per heavy atom. The van der Waals surface area contributed by atoms with Crippen LogP contribution in [0.15, 0.2) is 48.7 Å². The summed E-state index contributed by atoms with van der Waals surface area (Å²) in [6, 6.07) is 14.2. The average Bonchev–Trinajstić information content (AvgIpc) is 2.45. The standard InChI is InChI=1S/C16H21N3/c1-19(13-10-16-4-2-3-11-18-16)12-9-14-5-7-15(17)8-6-14/h2-8,11H,9-10,12-13,17H2,1H3. The van der Waals surface area contributed by atoms with E-state index in [1.165, 1.54) is 5.56 Å². The topological polar surface area (TPSA) is 42.1 Å². The van der Waals surface area contributed by atoms with Crippen molar-refractivity contribution in [2.24, 2.45) is 0 Å². The molecule has 0 amide bonds. The molecule has 0 aliphatic rings. The SMILES string of the molecule is CN(CCc1ccc(N)cc1)CCc1ccccn1. The van der Waals surface area contributed by atoms with Crippen LogP contribution in [0.2, 0.25) is 0 Å². The van der Waals surface area contributed by atoms with Crippen LogP contribution in [0.3, 0.4) is 0 Å². The summed E-state index contributed by atoms with van der Waals surface area (Å²) in [5.41, 5.74) is 8.99.